The van der Waals surface area contributed by atoms with Gasteiger partial charge in [-0.3, -0.25) is 9.59 Å². The Bertz CT molecular complexity index is 1120. The van der Waals surface area contributed by atoms with E-state index in [0.29, 0.717) is 11.1 Å². The number of amidine groups is 1. The molecule has 0 saturated heterocycles. The van der Waals surface area contributed by atoms with Gasteiger partial charge in [0.2, 0.25) is 0 Å². The van der Waals surface area contributed by atoms with Crippen molar-refractivity contribution in [3.63, 3.8) is 0 Å². The molecule has 2 aromatic carbocycles. The summed E-state index contributed by atoms with van der Waals surface area (Å²) in [6, 6.07) is 14.3. The molecule has 1 fully saturated rings. The van der Waals surface area contributed by atoms with Crippen LogP contribution in [0.4, 0.5) is 4.39 Å². The van der Waals surface area contributed by atoms with E-state index < -0.39 is 17.6 Å². The summed E-state index contributed by atoms with van der Waals surface area (Å²) < 4.78 is 13.1. The summed E-state index contributed by atoms with van der Waals surface area (Å²) >= 11 is 0. The first-order valence-corrected chi connectivity index (χ1v) is 10.3. The van der Waals surface area contributed by atoms with E-state index in [9.17, 15) is 19.2 Å². The highest BCUT2D eigenvalue weighted by molar-refractivity contribution is 6.20. The minimum Gasteiger partial charge on any atom is -0.349 e. The van der Waals surface area contributed by atoms with Crippen LogP contribution in [0.5, 0.6) is 0 Å². The van der Waals surface area contributed by atoms with Gasteiger partial charge in [-0.2, -0.15) is 5.26 Å². The van der Waals surface area contributed by atoms with Gasteiger partial charge in [0.1, 0.15) is 23.3 Å². The van der Waals surface area contributed by atoms with Gasteiger partial charge >= 0.3 is 0 Å². The van der Waals surface area contributed by atoms with Crippen LogP contribution in [0.25, 0.3) is 5.70 Å². The summed E-state index contributed by atoms with van der Waals surface area (Å²) in [4.78, 5) is 29.9. The van der Waals surface area contributed by atoms with Crippen LogP contribution >= 0.6 is 0 Å². The Morgan fingerprint density at radius 1 is 1.00 bits per heavy atom. The van der Waals surface area contributed by atoms with Crippen LogP contribution in [0.1, 0.15) is 53.6 Å². The molecule has 2 aliphatic rings. The van der Waals surface area contributed by atoms with Gasteiger partial charge in [0.25, 0.3) is 11.8 Å². The molecule has 1 aliphatic heterocycles. The number of hydrogen-bond donors (Lipinski definition) is 2. The molecule has 156 valence electrons. The summed E-state index contributed by atoms with van der Waals surface area (Å²) in [5.41, 5.74) is 1.65. The zero-order valence-electron chi connectivity index (χ0n) is 16.8. The molecule has 0 spiro atoms. The number of benzene rings is 2. The molecule has 0 atom stereocenters. The third-order valence-electron chi connectivity index (χ3n) is 5.52. The fourth-order valence-corrected chi connectivity index (χ4v) is 3.91. The highest BCUT2D eigenvalue weighted by Crippen LogP contribution is 2.31. The highest BCUT2D eigenvalue weighted by atomic mass is 19.1. The van der Waals surface area contributed by atoms with Crippen molar-refractivity contribution in [3.05, 3.63) is 76.6 Å². The number of amides is 2. The maximum absolute atomic E-state index is 13.1. The second-order valence-corrected chi connectivity index (χ2v) is 7.61. The van der Waals surface area contributed by atoms with Gasteiger partial charge in [0.05, 0.1) is 5.70 Å². The first-order valence-electron chi connectivity index (χ1n) is 10.3. The summed E-state index contributed by atoms with van der Waals surface area (Å²) in [5.74, 6) is -1.10. The molecule has 1 saturated carbocycles. The van der Waals surface area contributed by atoms with Crippen LogP contribution in [0, 0.1) is 17.1 Å². The average molecular weight is 416 g/mol. The Morgan fingerprint density at radius 2 is 1.68 bits per heavy atom. The summed E-state index contributed by atoms with van der Waals surface area (Å²) in [5, 5.41) is 15.4. The normalized spacial score (nSPS) is 17.2. The van der Waals surface area contributed by atoms with Crippen molar-refractivity contribution in [1.82, 2.24) is 10.6 Å². The van der Waals surface area contributed by atoms with Crippen molar-refractivity contribution in [3.8, 4) is 6.07 Å². The number of fused-ring (bicyclic) bond motifs is 1. The molecule has 0 aromatic heterocycles. The lowest BCUT2D eigenvalue weighted by Gasteiger charge is -2.22. The number of hydrogen-bond acceptors (Lipinski definition) is 4. The Balaban J connectivity index is 1.64. The van der Waals surface area contributed by atoms with E-state index >= 15 is 0 Å². The molecule has 0 bridgehead atoms. The lowest BCUT2D eigenvalue weighted by Crippen LogP contribution is -2.37. The minimum atomic E-state index is -0.458. The molecule has 31 heavy (non-hydrogen) atoms. The van der Waals surface area contributed by atoms with Crippen LogP contribution < -0.4 is 10.6 Å². The van der Waals surface area contributed by atoms with E-state index in [-0.39, 0.29) is 28.7 Å². The number of aliphatic imine (C=N–C) groups is 1. The Labute approximate surface area is 179 Å². The van der Waals surface area contributed by atoms with Crippen molar-refractivity contribution in [2.75, 3.05) is 0 Å². The topological polar surface area (TPSA) is 94.3 Å². The molecular formula is C24H21FN4O2. The lowest BCUT2D eigenvalue weighted by atomic mass is 9.95. The van der Waals surface area contributed by atoms with E-state index in [1.54, 1.807) is 24.3 Å². The van der Waals surface area contributed by atoms with E-state index in [1.165, 1.54) is 24.3 Å². The van der Waals surface area contributed by atoms with Gasteiger partial charge in [-0.1, -0.05) is 43.5 Å². The molecule has 4 rings (SSSR count). The van der Waals surface area contributed by atoms with Crippen LogP contribution in [0.3, 0.4) is 0 Å². The van der Waals surface area contributed by atoms with E-state index in [1.807, 2.05) is 6.07 Å². The standard InChI is InChI=1S/C24H21FN4O2/c25-16-12-10-15(11-13-16)23(30)29-22-19-9-5-4-8-18(19)21(28-22)20(14-26)24(31)27-17-6-2-1-3-7-17/h4-5,8-13,17H,1-3,6-7H2,(H,27,31)(H,28,29,30). The minimum absolute atomic E-state index is 0.0588. The van der Waals surface area contributed by atoms with Gasteiger partial charge in [0.15, 0.2) is 0 Å². The molecule has 2 aromatic rings. The summed E-state index contributed by atoms with van der Waals surface area (Å²) in [7, 11) is 0. The number of nitriles is 1. The van der Waals surface area contributed by atoms with Gasteiger partial charge in [-0.15, -0.1) is 0 Å². The predicted molar refractivity (Wildman–Crippen MR) is 114 cm³/mol. The molecule has 2 N–H and O–H groups in total. The first-order chi connectivity index (χ1) is 15.1. The predicted octanol–water partition coefficient (Wildman–Crippen LogP) is 3.70. The summed E-state index contributed by atoms with van der Waals surface area (Å²) in [6.07, 6.45) is 5.08. The van der Waals surface area contributed by atoms with Crippen LogP contribution in [0.15, 0.2) is 59.1 Å². The van der Waals surface area contributed by atoms with Crippen LogP contribution in [-0.4, -0.2) is 23.7 Å². The zero-order chi connectivity index (χ0) is 21.8. The molecule has 2 amide bonds. The zero-order valence-corrected chi connectivity index (χ0v) is 16.8. The van der Waals surface area contributed by atoms with E-state index in [4.69, 9.17) is 0 Å². The largest absolute Gasteiger partial charge is 0.349 e. The van der Waals surface area contributed by atoms with Gasteiger partial charge in [0, 0.05) is 22.7 Å². The van der Waals surface area contributed by atoms with Crippen molar-refractivity contribution < 1.29 is 14.0 Å². The van der Waals surface area contributed by atoms with Crippen molar-refractivity contribution in [2.24, 2.45) is 4.99 Å². The van der Waals surface area contributed by atoms with E-state index in [2.05, 4.69) is 15.6 Å². The van der Waals surface area contributed by atoms with Gasteiger partial charge in [-0.05, 0) is 37.1 Å². The quantitative estimate of drug-likeness (QED) is 0.590. The monoisotopic (exact) mass is 416 g/mol. The second-order valence-electron chi connectivity index (χ2n) is 7.61. The molecule has 6 nitrogen and oxygen atoms in total. The van der Waals surface area contributed by atoms with Crippen molar-refractivity contribution in [1.29, 1.82) is 5.26 Å². The van der Waals surface area contributed by atoms with Gasteiger partial charge < -0.3 is 10.6 Å². The number of carbonyl (C=O) groups is 2. The maximum Gasteiger partial charge on any atom is 0.264 e. The molecule has 0 unspecified atom stereocenters. The molecule has 7 heteroatoms. The fourth-order valence-electron chi connectivity index (χ4n) is 3.91. The molecule has 0 radical (unpaired) electrons. The number of rotatable bonds is 3. The first kappa shape index (κ1) is 20.5. The molecular weight excluding hydrogens is 395 g/mol. The Hall–Kier alpha value is -3.79. The highest BCUT2D eigenvalue weighted by Gasteiger charge is 2.28. The SMILES string of the molecule is N#CC(C(=O)NC1CCCCC1)=C1N=C(NC(=O)c2ccc(F)cc2)c2ccccc21. The molecule has 1 aliphatic carbocycles. The number of carbonyl (C=O) groups excluding carboxylic acids is 2. The third kappa shape index (κ3) is 4.38. The number of nitrogens with zero attached hydrogens (tertiary/aromatic N) is 2. The summed E-state index contributed by atoms with van der Waals surface area (Å²) in [6.45, 7) is 0. The number of nitrogens with one attached hydrogen (secondary N) is 2. The van der Waals surface area contributed by atoms with Crippen LogP contribution in [0.2, 0.25) is 0 Å². The smallest absolute Gasteiger partial charge is 0.264 e. The van der Waals surface area contributed by atoms with E-state index in [0.717, 1.165) is 32.1 Å². The maximum atomic E-state index is 13.1. The van der Waals surface area contributed by atoms with Crippen LogP contribution in [-0.2, 0) is 4.79 Å². The second kappa shape index (κ2) is 8.92. The Kier molecular flexibility index (Phi) is 5.89. The van der Waals surface area contributed by atoms with Crippen molar-refractivity contribution in [2.45, 2.75) is 38.1 Å². The number of halogens is 1. The Morgan fingerprint density at radius 3 is 2.35 bits per heavy atom. The fraction of sp³-hybridized carbons (Fsp3) is 0.250. The van der Waals surface area contributed by atoms with Crippen molar-refractivity contribution >= 4 is 23.3 Å². The lowest BCUT2D eigenvalue weighted by molar-refractivity contribution is -0.117. The third-order valence-corrected chi connectivity index (χ3v) is 5.52. The average Bonchev–Trinajstić information content (AvgIpc) is 3.13. The molecule has 1 heterocycles. The van der Waals surface area contributed by atoms with Gasteiger partial charge in [-0.25, -0.2) is 9.38 Å².